The SMILES string of the molecule is CC(C)[C@H](NC(=O)N1CCN(c2ncccn2)CC1)C(=O)Nc1ccccc1F. The molecule has 0 aliphatic carbocycles. The monoisotopic (exact) mass is 400 g/mol. The molecule has 0 radical (unpaired) electrons. The summed E-state index contributed by atoms with van der Waals surface area (Å²) in [7, 11) is 0. The third kappa shape index (κ3) is 5.18. The summed E-state index contributed by atoms with van der Waals surface area (Å²) >= 11 is 0. The number of carbonyl (C=O) groups excluding carboxylic acids is 2. The van der Waals surface area contributed by atoms with Gasteiger partial charge in [0.25, 0.3) is 0 Å². The molecule has 0 bridgehead atoms. The maximum Gasteiger partial charge on any atom is 0.318 e. The zero-order valence-corrected chi connectivity index (χ0v) is 16.5. The topological polar surface area (TPSA) is 90.5 Å². The summed E-state index contributed by atoms with van der Waals surface area (Å²) in [6.45, 7) is 5.84. The number of para-hydroxylation sites is 1. The van der Waals surface area contributed by atoms with Crippen molar-refractivity contribution in [2.45, 2.75) is 19.9 Å². The maximum atomic E-state index is 13.8. The van der Waals surface area contributed by atoms with Crippen LogP contribution in [0.15, 0.2) is 42.7 Å². The third-order valence-corrected chi connectivity index (χ3v) is 4.76. The van der Waals surface area contributed by atoms with Gasteiger partial charge in [0, 0.05) is 38.6 Å². The number of piperazine rings is 1. The number of urea groups is 1. The van der Waals surface area contributed by atoms with E-state index in [9.17, 15) is 14.0 Å². The van der Waals surface area contributed by atoms with Gasteiger partial charge in [-0.25, -0.2) is 19.2 Å². The van der Waals surface area contributed by atoms with Gasteiger partial charge >= 0.3 is 6.03 Å². The molecule has 1 saturated heterocycles. The quantitative estimate of drug-likeness (QED) is 0.802. The summed E-state index contributed by atoms with van der Waals surface area (Å²) in [4.78, 5) is 37.4. The average molecular weight is 400 g/mol. The molecule has 2 N–H and O–H groups in total. The highest BCUT2D eigenvalue weighted by molar-refractivity contribution is 5.97. The van der Waals surface area contributed by atoms with Crippen molar-refractivity contribution in [3.05, 3.63) is 48.5 Å². The van der Waals surface area contributed by atoms with E-state index in [4.69, 9.17) is 0 Å². The molecule has 1 atom stereocenters. The van der Waals surface area contributed by atoms with Gasteiger partial charge in [-0.15, -0.1) is 0 Å². The lowest BCUT2D eigenvalue weighted by atomic mass is 10.0. The van der Waals surface area contributed by atoms with E-state index in [1.54, 1.807) is 35.5 Å². The largest absolute Gasteiger partial charge is 0.337 e. The molecule has 2 heterocycles. The zero-order chi connectivity index (χ0) is 20.8. The van der Waals surface area contributed by atoms with E-state index in [1.165, 1.54) is 12.1 Å². The molecule has 1 aliphatic heterocycles. The van der Waals surface area contributed by atoms with Gasteiger partial charge in [0.2, 0.25) is 11.9 Å². The van der Waals surface area contributed by atoms with Crippen molar-refractivity contribution in [1.29, 1.82) is 0 Å². The molecule has 8 nitrogen and oxygen atoms in total. The lowest BCUT2D eigenvalue weighted by Gasteiger charge is -2.35. The first-order valence-corrected chi connectivity index (χ1v) is 9.58. The van der Waals surface area contributed by atoms with E-state index in [1.807, 2.05) is 18.7 Å². The second-order valence-corrected chi connectivity index (χ2v) is 7.16. The standard InChI is InChI=1S/C20H25FN6O2/c1-14(2)17(18(28)24-16-7-4-3-6-15(16)21)25-20(29)27-12-10-26(11-13-27)19-22-8-5-9-23-19/h3-9,14,17H,10-13H2,1-2H3,(H,24,28)(H,25,29)/t17-/m0/s1. The number of rotatable bonds is 5. The minimum Gasteiger partial charge on any atom is -0.337 e. The Morgan fingerprint density at radius 3 is 2.31 bits per heavy atom. The van der Waals surface area contributed by atoms with Crippen LogP contribution < -0.4 is 15.5 Å². The number of hydrogen-bond donors (Lipinski definition) is 2. The van der Waals surface area contributed by atoms with Crippen molar-refractivity contribution in [2.75, 3.05) is 36.4 Å². The van der Waals surface area contributed by atoms with Crippen LogP contribution in [0.4, 0.5) is 20.8 Å². The van der Waals surface area contributed by atoms with Gasteiger partial charge in [0.15, 0.2) is 0 Å². The summed E-state index contributed by atoms with van der Waals surface area (Å²) < 4.78 is 13.8. The molecule has 1 aromatic heterocycles. The molecular formula is C20H25FN6O2. The molecule has 29 heavy (non-hydrogen) atoms. The van der Waals surface area contributed by atoms with Crippen LogP contribution in [-0.2, 0) is 4.79 Å². The van der Waals surface area contributed by atoms with Crippen molar-refractivity contribution >= 4 is 23.6 Å². The molecule has 3 amide bonds. The Balaban J connectivity index is 1.57. The summed E-state index contributed by atoms with van der Waals surface area (Å²) in [6.07, 6.45) is 3.37. The Morgan fingerprint density at radius 2 is 1.69 bits per heavy atom. The number of nitrogens with one attached hydrogen (secondary N) is 2. The first-order chi connectivity index (χ1) is 14.0. The van der Waals surface area contributed by atoms with Crippen molar-refractivity contribution in [3.63, 3.8) is 0 Å². The fraction of sp³-hybridized carbons (Fsp3) is 0.400. The predicted octanol–water partition coefficient (Wildman–Crippen LogP) is 2.11. The van der Waals surface area contributed by atoms with E-state index in [0.29, 0.717) is 32.1 Å². The van der Waals surface area contributed by atoms with Gasteiger partial charge in [-0.2, -0.15) is 0 Å². The number of amides is 3. The maximum absolute atomic E-state index is 13.8. The minimum atomic E-state index is -0.780. The first kappa shape index (κ1) is 20.5. The average Bonchev–Trinajstić information content (AvgIpc) is 2.74. The molecule has 9 heteroatoms. The summed E-state index contributed by atoms with van der Waals surface area (Å²) in [5.41, 5.74) is 0.0916. The zero-order valence-electron chi connectivity index (χ0n) is 16.5. The van der Waals surface area contributed by atoms with Crippen LogP contribution in [0.2, 0.25) is 0 Å². The first-order valence-electron chi connectivity index (χ1n) is 9.58. The second-order valence-electron chi connectivity index (χ2n) is 7.16. The molecule has 0 spiro atoms. The van der Waals surface area contributed by atoms with Crippen molar-refractivity contribution < 1.29 is 14.0 Å². The van der Waals surface area contributed by atoms with Crippen LogP contribution in [0, 0.1) is 11.7 Å². The van der Waals surface area contributed by atoms with E-state index >= 15 is 0 Å². The number of aromatic nitrogens is 2. The highest BCUT2D eigenvalue weighted by Crippen LogP contribution is 2.15. The Kier molecular flexibility index (Phi) is 6.58. The van der Waals surface area contributed by atoms with E-state index in [-0.39, 0.29) is 17.6 Å². The Bertz CT molecular complexity index is 840. The molecule has 1 aromatic carbocycles. The number of hydrogen-bond acceptors (Lipinski definition) is 5. The highest BCUT2D eigenvalue weighted by atomic mass is 19.1. The minimum absolute atomic E-state index is 0.0916. The lowest BCUT2D eigenvalue weighted by Crippen LogP contribution is -2.56. The van der Waals surface area contributed by atoms with Crippen LogP contribution in [0.3, 0.4) is 0 Å². The molecule has 2 aromatic rings. The molecule has 1 aliphatic rings. The van der Waals surface area contributed by atoms with Gasteiger partial charge < -0.3 is 20.4 Å². The van der Waals surface area contributed by atoms with Crippen molar-refractivity contribution in [1.82, 2.24) is 20.2 Å². The highest BCUT2D eigenvalue weighted by Gasteiger charge is 2.29. The molecular weight excluding hydrogens is 375 g/mol. The summed E-state index contributed by atoms with van der Waals surface area (Å²) in [6, 6.07) is 6.60. The van der Waals surface area contributed by atoms with Crippen LogP contribution in [-0.4, -0.2) is 59.0 Å². The Labute approximate surface area is 169 Å². The molecule has 0 unspecified atom stereocenters. The fourth-order valence-corrected chi connectivity index (χ4v) is 3.10. The van der Waals surface area contributed by atoms with Gasteiger partial charge in [0.1, 0.15) is 11.9 Å². The van der Waals surface area contributed by atoms with Crippen molar-refractivity contribution in [2.24, 2.45) is 5.92 Å². The van der Waals surface area contributed by atoms with Gasteiger partial charge in [0.05, 0.1) is 5.69 Å². The normalized spacial score (nSPS) is 15.2. The summed E-state index contributed by atoms with van der Waals surface area (Å²) in [5.74, 6) is -0.495. The van der Waals surface area contributed by atoms with Crippen LogP contribution in [0.1, 0.15) is 13.8 Å². The second kappa shape index (κ2) is 9.31. The predicted molar refractivity (Wildman–Crippen MR) is 108 cm³/mol. The molecule has 3 rings (SSSR count). The Hall–Kier alpha value is -3.23. The number of nitrogens with zero attached hydrogens (tertiary/aromatic N) is 4. The number of carbonyl (C=O) groups is 2. The third-order valence-electron chi connectivity index (χ3n) is 4.76. The smallest absolute Gasteiger partial charge is 0.318 e. The van der Waals surface area contributed by atoms with E-state index in [2.05, 4.69) is 20.6 Å². The van der Waals surface area contributed by atoms with Crippen LogP contribution >= 0.6 is 0 Å². The number of anilines is 2. The molecule has 0 saturated carbocycles. The number of benzene rings is 1. The number of halogens is 1. The van der Waals surface area contributed by atoms with Crippen LogP contribution in [0.25, 0.3) is 0 Å². The van der Waals surface area contributed by atoms with E-state index in [0.717, 1.165) is 0 Å². The van der Waals surface area contributed by atoms with Gasteiger partial charge in [-0.05, 0) is 24.1 Å². The summed E-state index contributed by atoms with van der Waals surface area (Å²) in [5, 5.41) is 5.34. The van der Waals surface area contributed by atoms with Crippen LogP contribution in [0.5, 0.6) is 0 Å². The van der Waals surface area contributed by atoms with Crippen molar-refractivity contribution in [3.8, 4) is 0 Å². The lowest BCUT2D eigenvalue weighted by molar-refractivity contribution is -0.118. The van der Waals surface area contributed by atoms with Gasteiger partial charge in [-0.3, -0.25) is 4.79 Å². The molecule has 1 fully saturated rings. The van der Waals surface area contributed by atoms with Gasteiger partial charge in [-0.1, -0.05) is 26.0 Å². The molecule has 154 valence electrons. The van der Waals surface area contributed by atoms with E-state index < -0.39 is 17.8 Å². The Morgan fingerprint density at radius 1 is 1.03 bits per heavy atom. The fourth-order valence-electron chi connectivity index (χ4n) is 3.10.